The third kappa shape index (κ3) is 1.45. The molecule has 0 N–H and O–H groups in total. The van der Waals surface area contributed by atoms with E-state index in [9.17, 15) is 13.2 Å². The molecule has 1 aliphatic rings. The first-order valence-corrected chi connectivity index (χ1v) is 2.47. The fourth-order valence-electron chi connectivity index (χ4n) is 0.462. The molecule has 0 bridgehead atoms. The first kappa shape index (κ1) is 6.61. The first-order valence-electron chi connectivity index (χ1n) is 2.47. The molecule has 0 radical (unpaired) electrons. The molecule has 1 heterocycles. The lowest BCUT2D eigenvalue weighted by Crippen LogP contribution is -2.08. The van der Waals surface area contributed by atoms with E-state index < -0.39 is 18.1 Å². The molecule has 2 unspecified atom stereocenters. The van der Waals surface area contributed by atoms with Gasteiger partial charge in [-0.1, -0.05) is 0 Å². The lowest BCUT2D eigenvalue weighted by molar-refractivity contribution is 0.246. The van der Waals surface area contributed by atoms with E-state index in [0.29, 0.717) is 0 Å². The van der Waals surface area contributed by atoms with Gasteiger partial charge in [-0.05, 0) is 0 Å². The van der Waals surface area contributed by atoms with Crippen LogP contribution in [0.5, 0.6) is 0 Å². The maximum atomic E-state index is 12.2. The molecule has 0 aromatic heterocycles. The molecule has 0 aromatic carbocycles. The predicted octanol–water partition coefficient (Wildman–Crippen LogP) is 1.50. The van der Waals surface area contributed by atoms with Crippen molar-refractivity contribution >= 4 is 0 Å². The van der Waals surface area contributed by atoms with Gasteiger partial charge in [0.2, 0.25) is 0 Å². The molecule has 0 aromatic rings. The van der Waals surface area contributed by atoms with Gasteiger partial charge in [-0.25, -0.2) is 13.2 Å². The smallest absolute Gasteiger partial charge is 0.182 e. The number of alkyl halides is 1. The summed E-state index contributed by atoms with van der Waals surface area (Å²) < 4.78 is 39.6. The van der Waals surface area contributed by atoms with E-state index in [1.54, 1.807) is 0 Å². The Bertz CT molecular complexity index is 130. The number of ether oxygens (including phenoxy) is 1. The highest BCUT2D eigenvalue weighted by Gasteiger charge is 2.36. The van der Waals surface area contributed by atoms with E-state index >= 15 is 0 Å². The van der Waals surface area contributed by atoms with Gasteiger partial charge in [0.15, 0.2) is 12.0 Å². The van der Waals surface area contributed by atoms with Crippen LogP contribution >= 0.6 is 0 Å². The van der Waals surface area contributed by atoms with Crippen molar-refractivity contribution in [2.75, 3.05) is 6.61 Å². The van der Waals surface area contributed by atoms with Gasteiger partial charge in [0.05, 0.1) is 6.61 Å². The van der Waals surface area contributed by atoms with Gasteiger partial charge < -0.3 is 4.74 Å². The molecule has 1 fully saturated rings. The number of epoxide rings is 1. The fraction of sp³-hybridized carbons (Fsp3) is 0.600. The molecule has 0 aliphatic carbocycles. The van der Waals surface area contributed by atoms with Crippen LogP contribution < -0.4 is 0 Å². The number of hydrogen-bond donors (Lipinski definition) is 0. The molecular weight excluding hydrogens is 133 g/mol. The van der Waals surface area contributed by atoms with Gasteiger partial charge in [0.1, 0.15) is 12.4 Å². The summed E-state index contributed by atoms with van der Waals surface area (Å²) in [7, 11) is 0. The second kappa shape index (κ2) is 2.39. The molecule has 1 rings (SSSR count). The van der Waals surface area contributed by atoms with Crippen LogP contribution in [0.4, 0.5) is 13.2 Å². The molecule has 0 spiro atoms. The second-order valence-electron chi connectivity index (χ2n) is 1.77. The summed E-state index contributed by atoms with van der Waals surface area (Å²) in [4.78, 5) is 0. The number of rotatable bonds is 2. The van der Waals surface area contributed by atoms with Crippen LogP contribution in [-0.2, 0) is 4.74 Å². The topological polar surface area (TPSA) is 12.5 Å². The molecule has 1 saturated heterocycles. The predicted molar refractivity (Wildman–Crippen MR) is 24.9 cm³/mol. The second-order valence-corrected chi connectivity index (χ2v) is 1.77. The minimum Gasteiger partial charge on any atom is -0.369 e. The van der Waals surface area contributed by atoms with Crippen molar-refractivity contribution in [1.82, 2.24) is 0 Å². The van der Waals surface area contributed by atoms with E-state index in [2.05, 4.69) is 4.74 Å². The van der Waals surface area contributed by atoms with Gasteiger partial charge >= 0.3 is 0 Å². The fourth-order valence-corrected chi connectivity index (χ4v) is 0.462. The monoisotopic (exact) mass is 138 g/mol. The zero-order valence-electron chi connectivity index (χ0n) is 4.48. The first-order chi connectivity index (χ1) is 4.25. The molecular formula is C5H5F3O. The third-order valence-corrected chi connectivity index (χ3v) is 1.05. The van der Waals surface area contributed by atoms with Gasteiger partial charge in [0, 0.05) is 0 Å². The van der Waals surface area contributed by atoms with E-state index in [1.165, 1.54) is 0 Å². The van der Waals surface area contributed by atoms with Crippen molar-refractivity contribution in [3.63, 3.8) is 0 Å². The molecule has 1 nitrogen and oxygen atoms in total. The van der Waals surface area contributed by atoms with Gasteiger partial charge in [-0.2, -0.15) is 0 Å². The summed E-state index contributed by atoms with van der Waals surface area (Å²) in [5, 5.41) is 0. The normalized spacial score (nSPS) is 30.1. The Morgan fingerprint density at radius 3 is 2.67 bits per heavy atom. The molecule has 1 aliphatic heterocycles. The zero-order valence-corrected chi connectivity index (χ0v) is 4.48. The SMILES string of the molecule is FC=C(F)C(F)C1CO1. The highest BCUT2D eigenvalue weighted by molar-refractivity contribution is 5.01. The van der Waals surface area contributed by atoms with E-state index in [0.717, 1.165) is 0 Å². The lowest BCUT2D eigenvalue weighted by atomic mass is 10.3. The lowest BCUT2D eigenvalue weighted by Gasteiger charge is -1.96. The minimum atomic E-state index is -1.91. The van der Waals surface area contributed by atoms with Crippen molar-refractivity contribution in [3.05, 3.63) is 12.2 Å². The quantitative estimate of drug-likeness (QED) is 0.527. The largest absolute Gasteiger partial charge is 0.369 e. The summed E-state index contributed by atoms with van der Waals surface area (Å²) in [5.74, 6) is -1.39. The van der Waals surface area contributed by atoms with Crippen LogP contribution in [0.3, 0.4) is 0 Å². The average Bonchev–Trinajstić information content (AvgIpc) is 2.66. The Balaban J connectivity index is 2.40. The molecule has 9 heavy (non-hydrogen) atoms. The summed E-state index contributed by atoms with van der Waals surface area (Å²) in [6.45, 7) is 0.183. The van der Waals surface area contributed by atoms with Crippen molar-refractivity contribution < 1.29 is 17.9 Å². The van der Waals surface area contributed by atoms with Crippen LogP contribution in [0.15, 0.2) is 12.2 Å². The van der Waals surface area contributed by atoms with Crippen LogP contribution in [0.1, 0.15) is 0 Å². The number of hydrogen-bond acceptors (Lipinski definition) is 1. The maximum absolute atomic E-state index is 12.2. The standard InChI is InChI=1S/C5H5F3O/c6-1-3(7)5(8)4-2-9-4/h1,4-5H,2H2. The third-order valence-electron chi connectivity index (χ3n) is 1.05. The Morgan fingerprint density at radius 1 is 1.78 bits per heavy atom. The van der Waals surface area contributed by atoms with Crippen LogP contribution in [0, 0.1) is 0 Å². The van der Waals surface area contributed by atoms with Crippen molar-refractivity contribution in [2.24, 2.45) is 0 Å². The van der Waals surface area contributed by atoms with Crippen molar-refractivity contribution in [3.8, 4) is 0 Å². The Kier molecular flexibility index (Phi) is 1.75. The van der Waals surface area contributed by atoms with Gasteiger partial charge in [-0.15, -0.1) is 0 Å². The van der Waals surface area contributed by atoms with E-state index in [-0.39, 0.29) is 12.9 Å². The van der Waals surface area contributed by atoms with Crippen molar-refractivity contribution in [2.45, 2.75) is 12.3 Å². The molecule has 0 amide bonds. The van der Waals surface area contributed by atoms with Crippen LogP contribution in [0.25, 0.3) is 0 Å². The van der Waals surface area contributed by atoms with Crippen LogP contribution in [-0.4, -0.2) is 18.9 Å². The summed E-state index contributed by atoms with van der Waals surface area (Å²) >= 11 is 0. The summed E-state index contributed by atoms with van der Waals surface area (Å²) in [6.07, 6.45) is -3.04. The maximum Gasteiger partial charge on any atom is 0.182 e. The van der Waals surface area contributed by atoms with Crippen molar-refractivity contribution in [1.29, 1.82) is 0 Å². The molecule has 2 atom stereocenters. The van der Waals surface area contributed by atoms with Gasteiger partial charge in [0.25, 0.3) is 0 Å². The molecule has 52 valence electrons. The highest BCUT2D eigenvalue weighted by Crippen LogP contribution is 2.23. The average molecular weight is 138 g/mol. The summed E-state index contributed by atoms with van der Waals surface area (Å²) in [5.41, 5.74) is 0. The Labute approximate surface area is 50.1 Å². The number of halogens is 3. The van der Waals surface area contributed by atoms with Crippen LogP contribution in [0.2, 0.25) is 0 Å². The minimum absolute atomic E-state index is 0.183. The Hall–Kier alpha value is -0.510. The molecule has 0 saturated carbocycles. The summed E-state index contributed by atoms with van der Waals surface area (Å²) in [6, 6.07) is 0. The molecule has 4 heteroatoms. The Morgan fingerprint density at radius 2 is 2.33 bits per heavy atom. The zero-order chi connectivity index (χ0) is 6.85. The highest BCUT2D eigenvalue weighted by atomic mass is 19.2. The van der Waals surface area contributed by atoms with E-state index in [1.807, 2.05) is 0 Å². The van der Waals surface area contributed by atoms with E-state index in [4.69, 9.17) is 0 Å². The van der Waals surface area contributed by atoms with Gasteiger partial charge in [-0.3, -0.25) is 0 Å².